The largest absolute Gasteiger partial charge is 0.493 e. The highest BCUT2D eigenvalue weighted by Gasteiger charge is 2.10. The average Bonchev–Trinajstić information content (AvgIpc) is 2.64. The number of sulfone groups is 1. The summed E-state index contributed by atoms with van der Waals surface area (Å²) in [5.41, 5.74) is 2.87. The number of nitrogens with zero attached hydrogens (tertiary/aromatic N) is 1. The van der Waals surface area contributed by atoms with Crippen molar-refractivity contribution >= 4 is 39.8 Å². The Bertz CT molecular complexity index is 931. The highest BCUT2D eigenvalue weighted by Crippen LogP contribution is 2.17. The number of para-hydroxylation sites is 1. The van der Waals surface area contributed by atoms with Gasteiger partial charge in [0.25, 0.3) is 0 Å². The second kappa shape index (κ2) is 12.0. The molecule has 0 amide bonds. The lowest BCUT2D eigenvalue weighted by Crippen LogP contribution is -2.37. The first-order valence-corrected chi connectivity index (χ1v) is 11.1. The fraction of sp³-hybridized carbons (Fsp3) is 0.381. The Balaban J connectivity index is 0.00000420. The molecule has 29 heavy (non-hydrogen) atoms. The predicted octanol–water partition coefficient (Wildman–Crippen LogP) is 3.46. The van der Waals surface area contributed by atoms with Crippen molar-refractivity contribution in [2.75, 3.05) is 26.5 Å². The van der Waals surface area contributed by atoms with Crippen LogP contribution in [0.3, 0.4) is 0 Å². The number of halogens is 1. The van der Waals surface area contributed by atoms with Crippen LogP contribution in [-0.2, 0) is 16.4 Å². The van der Waals surface area contributed by atoms with Crippen LogP contribution in [0, 0.1) is 13.8 Å². The normalized spacial score (nSPS) is 11.5. The van der Waals surface area contributed by atoms with Crippen LogP contribution in [0.15, 0.2) is 52.4 Å². The van der Waals surface area contributed by atoms with Gasteiger partial charge in [-0.1, -0.05) is 30.3 Å². The molecule has 0 spiro atoms. The van der Waals surface area contributed by atoms with Crippen molar-refractivity contribution in [3.05, 3.63) is 59.2 Å². The van der Waals surface area contributed by atoms with E-state index in [0.717, 1.165) is 35.4 Å². The molecule has 8 heteroatoms. The number of hydrogen-bond acceptors (Lipinski definition) is 4. The van der Waals surface area contributed by atoms with Gasteiger partial charge in [-0.15, -0.1) is 24.0 Å². The van der Waals surface area contributed by atoms with Crippen LogP contribution in [0.5, 0.6) is 5.75 Å². The summed E-state index contributed by atoms with van der Waals surface area (Å²) in [6, 6.07) is 13.3. The van der Waals surface area contributed by atoms with Crippen LogP contribution < -0.4 is 15.4 Å². The molecule has 0 heterocycles. The minimum absolute atomic E-state index is 0. The minimum atomic E-state index is -3.19. The van der Waals surface area contributed by atoms with Crippen LogP contribution >= 0.6 is 24.0 Å². The van der Waals surface area contributed by atoms with E-state index in [-0.39, 0.29) is 24.0 Å². The Morgan fingerprint density at radius 2 is 1.79 bits per heavy atom. The second-order valence-corrected chi connectivity index (χ2v) is 8.68. The van der Waals surface area contributed by atoms with Crippen LogP contribution in [0.4, 0.5) is 0 Å². The van der Waals surface area contributed by atoms with Crippen molar-refractivity contribution in [2.24, 2.45) is 4.99 Å². The summed E-state index contributed by atoms with van der Waals surface area (Å²) in [7, 11) is -1.48. The maximum absolute atomic E-state index is 11.7. The van der Waals surface area contributed by atoms with Crippen molar-refractivity contribution in [1.29, 1.82) is 0 Å². The molecule has 2 aromatic rings. The molecule has 0 fully saturated rings. The lowest BCUT2D eigenvalue weighted by molar-refractivity contribution is 0.309. The number of aryl methyl sites for hydroxylation is 2. The van der Waals surface area contributed by atoms with E-state index in [2.05, 4.69) is 15.6 Å². The molecule has 2 aromatic carbocycles. The van der Waals surface area contributed by atoms with Gasteiger partial charge in [-0.3, -0.25) is 4.99 Å². The molecule has 0 radical (unpaired) electrons. The number of ether oxygens (including phenoxy) is 1. The Labute approximate surface area is 191 Å². The summed E-state index contributed by atoms with van der Waals surface area (Å²) >= 11 is 0. The summed E-state index contributed by atoms with van der Waals surface area (Å²) < 4.78 is 29.2. The lowest BCUT2D eigenvalue weighted by atomic mass is 10.1. The van der Waals surface area contributed by atoms with Gasteiger partial charge in [-0.25, -0.2) is 8.42 Å². The van der Waals surface area contributed by atoms with E-state index in [1.54, 1.807) is 20.0 Å². The molecule has 2 rings (SSSR count). The summed E-state index contributed by atoms with van der Waals surface area (Å²) in [5.74, 6) is 1.61. The zero-order valence-corrected chi connectivity index (χ0v) is 20.5. The number of rotatable bonds is 8. The third kappa shape index (κ3) is 8.22. The fourth-order valence-corrected chi connectivity index (χ4v) is 3.78. The third-order valence-corrected chi connectivity index (χ3v) is 5.54. The van der Waals surface area contributed by atoms with Gasteiger partial charge in [0.15, 0.2) is 15.8 Å². The van der Waals surface area contributed by atoms with E-state index in [0.29, 0.717) is 24.0 Å². The Morgan fingerprint density at radius 1 is 1.07 bits per heavy atom. The monoisotopic (exact) mass is 531 g/mol. The number of aliphatic imine (C=N–C) groups is 1. The second-order valence-electron chi connectivity index (χ2n) is 6.69. The van der Waals surface area contributed by atoms with Crippen LogP contribution in [0.1, 0.15) is 23.1 Å². The van der Waals surface area contributed by atoms with Crippen LogP contribution in [-0.4, -0.2) is 40.8 Å². The first kappa shape index (κ1) is 25.2. The van der Waals surface area contributed by atoms with E-state index in [4.69, 9.17) is 4.74 Å². The first-order chi connectivity index (χ1) is 13.3. The predicted molar refractivity (Wildman–Crippen MR) is 129 cm³/mol. The Morgan fingerprint density at radius 3 is 2.41 bits per heavy atom. The van der Waals surface area contributed by atoms with Crippen LogP contribution in [0.2, 0.25) is 0 Å². The quantitative estimate of drug-likeness (QED) is 0.236. The molecule has 2 N–H and O–H groups in total. The molecule has 0 aliphatic rings. The molecule has 0 atom stereocenters. The molecule has 160 valence electrons. The Kier molecular flexibility index (Phi) is 10.5. The van der Waals surface area contributed by atoms with E-state index in [1.165, 1.54) is 6.26 Å². The number of hydrogen-bond donors (Lipinski definition) is 2. The van der Waals surface area contributed by atoms with Crippen molar-refractivity contribution in [1.82, 2.24) is 10.6 Å². The van der Waals surface area contributed by atoms with E-state index in [9.17, 15) is 8.42 Å². The van der Waals surface area contributed by atoms with Gasteiger partial charge in [0.1, 0.15) is 5.75 Å². The summed E-state index contributed by atoms with van der Waals surface area (Å²) in [4.78, 5) is 4.58. The number of nitrogens with one attached hydrogen (secondary N) is 2. The SMILES string of the molecule is CN=C(NCCCOc1ccccc1C)NCc1ccc(S(C)(=O)=O)c(C)c1.I. The third-order valence-electron chi connectivity index (χ3n) is 4.29. The minimum Gasteiger partial charge on any atom is -0.493 e. The van der Waals surface area contributed by atoms with Crippen molar-refractivity contribution in [2.45, 2.75) is 31.7 Å². The first-order valence-electron chi connectivity index (χ1n) is 9.24. The molecular weight excluding hydrogens is 501 g/mol. The summed E-state index contributed by atoms with van der Waals surface area (Å²) in [6.07, 6.45) is 2.07. The summed E-state index contributed by atoms with van der Waals surface area (Å²) in [6.45, 7) is 5.76. The van der Waals surface area contributed by atoms with Gasteiger partial charge in [-0.2, -0.15) is 0 Å². The van der Waals surface area contributed by atoms with Crippen molar-refractivity contribution < 1.29 is 13.2 Å². The molecule has 6 nitrogen and oxygen atoms in total. The van der Waals surface area contributed by atoms with Crippen molar-refractivity contribution in [3.63, 3.8) is 0 Å². The molecule has 0 aliphatic carbocycles. The zero-order valence-electron chi connectivity index (χ0n) is 17.4. The maximum Gasteiger partial charge on any atom is 0.191 e. The fourth-order valence-electron chi connectivity index (χ4n) is 2.82. The maximum atomic E-state index is 11.7. The van der Waals surface area contributed by atoms with Crippen molar-refractivity contribution in [3.8, 4) is 5.75 Å². The molecule has 0 saturated heterocycles. The standard InChI is InChI=1S/C21H29N3O3S.HI/c1-16-8-5-6-9-19(16)27-13-7-12-23-21(22-3)24-15-18-10-11-20(17(2)14-18)28(4,25)26;/h5-6,8-11,14H,7,12-13,15H2,1-4H3,(H2,22,23,24);1H. The van der Waals surface area contributed by atoms with Gasteiger partial charge in [0.05, 0.1) is 11.5 Å². The number of benzene rings is 2. The topological polar surface area (TPSA) is 79.8 Å². The van der Waals surface area contributed by atoms with Gasteiger partial charge in [-0.05, 0) is 49.1 Å². The van der Waals surface area contributed by atoms with E-state index < -0.39 is 9.84 Å². The zero-order chi connectivity index (χ0) is 20.6. The van der Waals surface area contributed by atoms with Gasteiger partial charge in [0, 0.05) is 26.4 Å². The molecule has 0 aromatic heterocycles. The van der Waals surface area contributed by atoms with Gasteiger partial charge in [0.2, 0.25) is 0 Å². The summed E-state index contributed by atoms with van der Waals surface area (Å²) in [5, 5.41) is 6.49. The molecule has 0 bridgehead atoms. The van der Waals surface area contributed by atoms with E-state index >= 15 is 0 Å². The molecule has 0 aliphatic heterocycles. The Hall–Kier alpha value is -1.81. The number of guanidine groups is 1. The van der Waals surface area contributed by atoms with Crippen LogP contribution in [0.25, 0.3) is 0 Å². The van der Waals surface area contributed by atoms with E-state index in [1.807, 2.05) is 43.3 Å². The smallest absolute Gasteiger partial charge is 0.191 e. The molecule has 0 unspecified atom stereocenters. The van der Waals surface area contributed by atoms with Gasteiger partial charge < -0.3 is 15.4 Å². The molecular formula is C21H30IN3O3S. The lowest BCUT2D eigenvalue weighted by Gasteiger charge is -2.13. The average molecular weight is 531 g/mol. The highest BCUT2D eigenvalue weighted by atomic mass is 127. The highest BCUT2D eigenvalue weighted by molar-refractivity contribution is 14.0. The molecule has 0 saturated carbocycles. The van der Waals surface area contributed by atoms with Gasteiger partial charge >= 0.3 is 0 Å².